The summed E-state index contributed by atoms with van der Waals surface area (Å²) in [5.41, 5.74) is 2.13. The lowest BCUT2D eigenvalue weighted by Gasteiger charge is -1.99. The fourth-order valence-corrected chi connectivity index (χ4v) is 0.891. The average Bonchev–Trinajstić information content (AvgIpc) is 1.89. The second-order valence-electron chi connectivity index (χ2n) is 1.91. The minimum atomic E-state index is 0.971. The molecule has 0 spiro atoms. The maximum Gasteiger partial charge on any atom is 0.0520 e. The molecule has 0 fully saturated rings. The Morgan fingerprint density at radius 1 is 1.33 bits per heavy atom. The van der Waals surface area contributed by atoms with E-state index in [9.17, 15) is 0 Å². The molecule has 0 heterocycles. The van der Waals surface area contributed by atoms with Crippen molar-refractivity contribution < 1.29 is 0 Å². The molecule has 1 aromatic rings. The van der Waals surface area contributed by atoms with Crippen molar-refractivity contribution in [1.82, 2.24) is 0 Å². The lowest BCUT2D eigenvalue weighted by Crippen LogP contribution is -1.82. The lowest BCUT2D eigenvalue weighted by atomic mass is 10.2. The van der Waals surface area contributed by atoms with Crippen LogP contribution in [0.4, 0.5) is 5.69 Å². The zero-order valence-electron chi connectivity index (χ0n) is 5.19. The number of anilines is 1. The number of benzene rings is 1. The molecular formula is C7H8ClN. The summed E-state index contributed by atoms with van der Waals surface area (Å²) >= 11 is 5.38. The van der Waals surface area contributed by atoms with Gasteiger partial charge in [0.1, 0.15) is 0 Å². The Balaban J connectivity index is 3.01. The molecule has 0 unspecified atom stereocenters. The Bertz CT molecular complexity index is 198. The van der Waals surface area contributed by atoms with Crippen molar-refractivity contribution in [3.63, 3.8) is 0 Å². The zero-order valence-corrected chi connectivity index (χ0v) is 5.94. The molecule has 9 heavy (non-hydrogen) atoms. The van der Waals surface area contributed by atoms with Crippen LogP contribution in [-0.4, -0.2) is 0 Å². The fourth-order valence-electron chi connectivity index (χ4n) is 0.679. The summed E-state index contributed by atoms with van der Waals surface area (Å²) in [7, 11) is 0. The minimum absolute atomic E-state index is 0.971. The first-order chi connectivity index (χ1) is 4.34. The molecule has 1 aromatic carbocycles. The van der Waals surface area contributed by atoms with Crippen molar-refractivity contribution in [1.29, 1.82) is 0 Å². The second-order valence-corrected chi connectivity index (χ2v) is 2.10. The quantitative estimate of drug-likeness (QED) is 0.593. The van der Waals surface area contributed by atoms with Crippen LogP contribution in [0.1, 0.15) is 5.56 Å². The van der Waals surface area contributed by atoms with E-state index < -0.39 is 0 Å². The van der Waals surface area contributed by atoms with E-state index in [-0.39, 0.29) is 0 Å². The number of nitrogens with one attached hydrogen (secondary N) is 1. The Morgan fingerprint density at radius 2 is 2.00 bits per heavy atom. The maximum absolute atomic E-state index is 5.38. The Hall–Kier alpha value is -0.690. The van der Waals surface area contributed by atoms with Crippen molar-refractivity contribution in [3.05, 3.63) is 29.8 Å². The predicted molar refractivity (Wildman–Crippen MR) is 40.7 cm³/mol. The van der Waals surface area contributed by atoms with Crippen LogP contribution >= 0.6 is 11.8 Å². The number of halogens is 1. The molecule has 1 N–H and O–H groups in total. The first-order valence-corrected chi connectivity index (χ1v) is 3.14. The molecule has 0 aliphatic carbocycles. The second kappa shape index (κ2) is 2.74. The van der Waals surface area contributed by atoms with Crippen molar-refractivity contribution in [2.75, 3.05) is 4.84 Å². The highest BCUT2D eigenvalue weighted by molar-refractivity contribution is 6.24. The van der Waals surface area contributed by atoms with Crippen molar-refractivity contribution in [2.45, 2.75) is 6.92 Å². The number of aryl methyl sites for hydroxylation is 1. The Kier molecular flexibility index (Phi) is 1.96. The molecule has 1 nitrogen and oxygen atoms in total. The normalized spacial score (nSPS) is 9.11. The van der Waals surface area contributed by atoms with E-state index in [0.717, 1.165) is 11.3 Å². The topological polar surface area (TPSA) is 12.0 Å². The highest BCUT2D eigenvalue weighted by atomic mass is 35.5. The van der Waals surface area contributed by atoms with E-state index in [4.69, 9.17) is 11.8 Å². The van der Waals surface area contributed by atoms with E-state index in [1.807, 2.05) is 31.2 Å². The molecule has 0 radical (unpaired) electrons. The van der Waals surface area contributed by atoms with Gasteiger partial charge in [0.15, 0.2) is 0 Å². The van der Waals surface area contributed by atoms with E-state index in [1.54, 1.807) is 0 Å². The molecule has 0 atom stereocenters. The molecule has 0 saturated carbocycles. The van der Waals surface area contributed by atoms with Crippen molar-refractivity contribution in [3.8, 4) is 0 Å². The molecule has 0 amide bonds. The van der Waals surface area contributed by atoms with Crippen LogP contribution in [0.5, 0.6) is 0 Å². The predicted octanol–water partition coefficient (Wildman–Crippen LogP) is 2.56. The standard InChI is InChI=1S/C7H8ClN/c1-6-4-2-3-5-7(6)9-8/h2-5,9H,1H3. The zero-order chi connectivity index (χ0) is 6.69. The summed E-state index contributed by atoms with van der Waals surface area (Å²) < 4.78 is 0. The average molecular weight is 142 g/mol. The number of para-hydroxylation sites is 1. The van der Waals surface area contributed by atoms with Gasteiger partial charge in [0.05, 0.1) is 5.69 Å². The third-order valence-electron chi connectivity index (χ3n) is 1.25. The van der Waals surface area contributed by atoms with Gasteiger partial charge in [-0.3, -0.25) is 4.84 Å². The van der Waals surface area contributed by atoms with E-state index in [0.29, 0.717) is 0 Å². The van der Waals surface area contributed by atoms with Crippen molar-refractivity contribution in [2.24, 2.45) is 0 Å². The molecule has 0 saturated heterocycles. The van der Waals surface area contributed by atoms with Gasteiger partial charge in [0.25, 0.3) is 0 Å². The minimum Gasteiger partial charge on any atom is -0.298 e. The van der Waals surface area contributed by atoms with E-state index in [2.05, 4.69) is 4.84 Å². The Morgan fingerprint density at radius 3 is 2.44 bits per heavy atom. The first kappa shape index (κ1) is 6.43. The van der Waals surface area contributed by atoms with Gasteiger partial charge in [-0.1, -0.05) is 18.2 Å². The van der Waals surface area contributed by atoms with Crippen LogP contribution in [0.15, 0.2) is 24.3 Å². The highest BCUT2D eigenvalue weighted by Crippen LogP contribution is 2.12. The summed E-state index contributed by atoms with van der Waals surface area (Å²) in [4.78, 5) is 2.57. The number of hydrogen-bond acceptors (Lipinski definition) is 1. The summed E-state index contributed by atoms with van der Waals surface area (Å²) in [6.45, 7) is 2.00. The van der Waals surface area contributed by atoms with Crippen molar-refractivity contribution >= 4 is 17.5 Å². The van der Waals surface area contributed by atoms with Gasteiger partial charge in [0.2, 0.25) is 0 Å². The van der Waals surface area contributed by atoms with Crippen LogP contribution < -0.4 is 4.84 Å². The first-order valence-electron chi connectivity index (χ1n) is 2.77. The third-order valence-corrected chi connectivity index (χ3v) is 1.45. The number of hydrogen-bond donors (Lipinski definition) is 1. The van der Waals surface area contributed by atoms with Gasteiger partial charge in [0, 0.05) is 11.8 Å². The SMILES string of the molecule is Cc1ccccc1NCl. The Labute approximate surface area is 59.8 Å². The molecular weight excluding hydrogens is 134 g/mol. The smallest absolute Gasteiger partial charge is 0.0520 e. The van der Waals surface area contributed by atoms with Gasteiger partial charge in [-0.25, -0.2) is 0 Å². The van der Waals surface area contributed by atoms with E-state index in [1.165, 1.54) is 0 Å². The molecule has 0 aliphatic heterocycles. The van der Waals surface area contributed by atoms with E-state index >= 15 is 0 Å². The molecule has 0 aliphatic rings. The third kappa shape index (κ3) is 1.36. The van der Waals surface area contributed by atoms with Crippen LogP contribution in [0, 0.1) is 6.92 Å². The molecule has 48 valence electrons. The van der Waals surface area contributed by atoms with Crippen LogP contribution in [0.2, 0.25) is 0 Å². The van der Waals surface area contributed by atoms with Crippen LogP contribution in [0.3, 0.4) is 0 Å². The van der Waals surface area contributed by atoms with Crippen LogP contribution in [-0.2, 0) is 0 Å². The van der Waals surface area contributed by atoms with Gasteiger partial charge in [-0.05, 0) is 18.6 Å². The van der Waals surface area contributed by atoms with Gasteiger partial charge >= 0.3 is 0 Å². The van der Waals surface area contributed by atoms with Crippen LogP contribution in [0.25, 0.3) is 0 Å². The molecule has 0 aromatic heterocycles. The van der Waals surface area contributed by atoms with Gasteiger partial charge in [-0.2, -0.15) is 0 Å². The van der Waals surface area contributed by atoms with Gasteiger partial charge in [-0.15, -0.1) is 0 Å². The monoisotopic (exact) mass is 141 g/mol. The highest BCUT2D eigenvalue weighted by Gasteiger charge is 1.89. The lowest BCUT2D eigenvalue weighted by molar-refractivity contribution is 1.47. The molecule has 0 bridgehead atoms. The summed E-state index contributed by atoms with van der Waals surface area (Å²) in [5.74, 6) is 0. The summed E-state index contributed by atoms with van der Waals surface area (Å²) in [5, 5.41) is 0. The fraction of sp³-hybridized carbons (Fsp3) is 0.143. The number of rotatable bonds is 1. The maximum atomic E-state index is 5.38. The molecule has 2 heteroatoms. The van der Waals surface area contributed by atoms with Gasteiger partial charge < -0.3 is 0 Å². The molecule has 1 rings (SSSR count). The largest absolute Gasteiger partial charge is 0.298 e. The summed E-state index contributed by atoms with van der Waals surface area (Å²) in [6, 6.07) is 7.86. The summed E-state index contributed by atoms with van der Waals surface area (Å²) in [6.07, 6.45) is 0.